The molecular weight excluding hydrogens is 494 g/mol. The van der Waals surface area contributed by atoms with Gasteiger partial charge >= 0.3 is 0 Å². The molecular formula is C27H41N3O6S. The minimum Gasteiger partial charge on any atom is -0.497 e. The van der Waals surface area contributed by atoms with Crippen molar-refractivity contribution in [3.8, 4) is 5.75 Å². The van der Waals surface area contributed by atoms with E-state index >= 15 is 0 Å². The zero-order chi connectivity index (χ0) is 27.3. The second-order valence-electron chi connectivity index (χ2n) is 10.2. The first-order valence-corrected chi connectivity index (χ1v) is 14.3. The van der Waals surface area contributed by atoms with Gasteiger partial charge in [-0.05, 0) is 69.7 Å². The van der Waals surface area contributed by atoms with Gasteiger partial charge in [0.05, 0.1) is 18.6 Å². The molecule has 2 amide bonds. The molecule has 1 fully saturated rings. The maximum Gasteiger partial charge on any atom is 0.248 e. The molecule has 1 aromatic carbocycles. The molecule has 9 nitrogen and oxygen atoms in total. The Morgan fingerprint density at radius 3 is 2.41 bits per heavy atom. The Morgan fingerprint density at radius 1 is 1.14 bits per heavy atom. The number of allylic oxidation sites excluding steroid dienone is 2. The molecule has 1 heterocycles. The molecule has 1 saturated heterocycles. The van der Waals surface area contributed by atoms with Crippen molar-refractivity contribution in [1.82, 2.24) is 14.1 Å². The second-order valence-corrected chi connectivity index (χ2v) is 12.2. The van der Waals surface area contributed by atoms with Gasteiger partial charge in [-0.15, -0.1) is 0 Å². The molecule has 0 aromatic heterocycles. The number of likely N-dealkylation sites (N-methyl/N-ethyl adjacent to an activating group) is 2. The summed E-state index contributed by atoms with van der Waals surface area (Å²) in [7, 11) is 1.07. The van der Waals surface area contributed by atoms with E-state index in [9.17, 15) is 18.0 Å². The first-order chi connectivity index (χ1) is 17.4. The van der Waals surface area contributed by atoms with Crippen LogP contribution in [0.4, 0.5) is 0 Å². The number of carbonyl (C=O) groups excluding carboxylic acids is 2. The van der Waals surface area contributed by atoms with E-state index in [0.29, 0.717) is 23.4 Å². The number of sulfonamides is 1. The van der Waals surface area contributed by atoms with Crippen molar-refractivity contribution in [2.45, 2.75) is 57.4 Å². The number of rotatable bonds is 10. The third kappa shape index (κ3) is 6.91. The molecule has 0 bridgehead atoms. The van der Waals surface area contributed by atoms with Gasteiger partial charge in [-0.3, -0.25) is 9.59 Å². The molecule has 2 atom stereocenters. The third-order valence-corrected chi connectivity index (χ3v) is 9.59. The highest BCUT2D eigenvalue weighted by atomic mass is 32.2. The zero-order valence-corrected chi connectivity index (χ0v) is 23.8. The Labute approximate surface area is 221 Å². The zero-order valence-electron chi connectivity index (χ0n) is 23.0. The molecule has 37 heavy (non-hydrogen) atoms. The fraction of sp³-hybridized carbons (Fsp3) is 0.630. The molecule has 10 heteroatoms. The summed E-state index contributed by atoms with van der Waals surface area (Å²) >= 11 is 0. The number of hydrogen-bond acceptors (Lipinski definition) is 6. The van der Waals surface area contributed by atoms with Crippen LogP contribution in [0.1, 0.15) is 43.7 Å². The van der Waals surface area contributed by atoms with Gasteiger partial charge in [0, 0.05) is 45.7 Å². The second kappa shape index (κ2) is 12.4. The highest BCUT2D eigenvalue weighted by Crippen LogP contribution is 2.29. The Hall–Kier alpha value is -2.43. The van der Waals surface area contributed by atoms with Gasteiger partial charge in [0.2, 0.25) is 21.8 Å². The van der Waals surface area contributed by atoms with Crippen molar-refractivity contribution in [2.75, 3.05) is 54.1 Å². The van der Waals surface area contributed by atoms with Crippen molar-refractivity contribution in [2.24, 2.45) is 5.92 Å². The van der Waals surface area contributed by atoms with Gasteiger partial charge in [0.25, 0.3) is 0 Å². The lowest BCUT2D eigenvalue weighted by atomic mass is 9.99. The summed E-state index contributed by atoms with van der Waals surface area (Å²) in [5, 5.41) is 0. The first kappa shape index (κ1) is 29.1. The number of hydrogen-bond donors (Lipinski definition) is 0. The summed E-state index contributed by atoms with van der Waals surface area (Å²) in [5.74, 6) is 0.645. The van der Waals surface area contributed by atoms with E-state index in [0.717, 1.165) is 32.2 Å². The fourth-order valence-electron chi connectivity index (χ4n) is 5.19. The van der Waals surface area contributed by atoms with Crippen molar-refractivity contribution in [3.63, 3.8) is 0 Å². The molecule has 1 aliphatic carbocycles. The molecule has 2 aliphatic rings. The van der Waals surface area contributed by atoms with Gasteiger partial charge in [-0.25, -0.2) is 8.42 Å². The predicted octanol–water partition coefficient (Wildman–Crippen LogP) is 2.75. The van der Waals surface area contributed by atoms with Crippen LogP contribution in [0.3, 0.4) is 0 Å². The van der Waals surface area contributed by atoms with Crippen LogP contribution in [0.5, 0.6) is 5.75 Å². The number of amides is 2. The number of carbonyl (C=O) groups is 2. The average molecular weight is 536 g/mol. The molecule has 0 radical (unpaired) electrons. The number of piperidine rings is 1. The van der Waals surface area contributed by atoms with Gasteiger partial charge in [0.1, 0.15) is 12.4 Å². The molecule has 1 aliphatic heterocycles. The molecule has 1 aromatic rings. The lowest BCUT2D eigenvalue weighted by molar-refractivity contribution is -0.143. The number of nitrogens with zero attached hydrogens (tertiary/aromatic N) is 3. The lowest BCUT2D eigenvalue weighted by Crippen LogP contribution is -2.52. The van der Waals surface area contributed by atoms with E-state index < -0.39 is 10.0 Å². The number of ether oxygens (including phenoxy) is 2. The van der Waals surface area contributed by atoms with Gasteiger partial charge < -0.3 is 19.3 Å². The van der Waals surface area contributed by atoms with Crippen LogP contribution in [-0.4, -0.2) is 94.4 Å². The maximum atomic E-state index is 13.1. The monoisotopic (exact) mass is 535 g/mol. The number of benzene rings is 1. The van der Waals surface area contributed by atoms with Crippen LogP contribution in [0, 0.1) is 19.8 Å². The Balaban J connectivity index is 1.47. The topological polar surface area (TPSA) is 96.5 Å². The van der Waals surface area contributed by atoms with Crippen molar-refractivity contribution in [1.29, 1.82) is 0 Å². The molecule has 0 N–H and O–H groups in total. The Kier molecular flexibility index (Phi) is 9.77. The fourth-order valence-corrected chi connectivity index (χ4v) is 6.74. The minimum absolute atomic E-state index is 0.0295. The minimum atomic E-state index is -3.72. The normalized spacial score (nSPS) is 20.2. The van der Waals surface area contributed by atoms with Gasteiger partial charge in [0.15, 0.2) is 0 Å². The van der Waals surface area contributed by atoms with Crippen LogP contribution in [0.15, 0.2) is 28.7 Å². The highest BCUT2D eigenvalue weighted by molar-refractivity contribution is 7.89. The Morgan fingerprint density at radius 2 is 1.81 bits per heavy atom. The van der Waals surface area contributed by atoms with E-state index in [-0.39, 0.29) is 48.4 Å². The van der Waals surface area contributed by atoms with Crippen LogP contribution < -0.4 is 4.74 Å². The quantitative estimate of drug-likeness (QED) is 0.338. The maximum absolute atomic E-state index is 13.1. The van der Waals surface area contributed by atoms with Gasteiger partial charge in [-0.2, -0.15) is 4.31 Å². The largest absolute Gasteiger partial charge is 0.497 e. The van der Waals surface area contributed by atoms with E-state index in [2.05, 4.69) is 13.0 Å². The predicted molar refractivity (Wildman–Crippen MR) is 142 cm³/mol. The van der Waals surface area contributed by atoms with Crippen molar-refractivity contribution < 1.29 is 27.5 Å². The summed E-state index contributed by atoms with van der Waals surface area (Å²) in [6, 6.07) is 3.35. The smallest absolute Gasteiger partial charge is 0.248 e. The highest BCUT2D eigenvalue weighted by Gasteiger charge is 2.33. The third-order valence-electron chi connectivity index (χ3n) is 7.43. The molecule has 0 spiro atoms. The molecule has 206 valence electrons. The molecule has 0 saturated carbocycles. The van der Waals surface area contributed by atoms with Crippen LogP contribution in [0.2, 0.25) is 0 Å². The summed E-state index contributed by atoms with van der Waals surface area (Å²) in [5.41, 5.74) is 2.49. The summed E-state index contributed by atoms with van der Waals surface area (Å²) in [6.07, 6.45) is 5.47. The van der Waals surface area contributed by atoms with E-state index in [1.165, 1.54) is 16.9 Å². The van der Waals surface area contributed by atoms with Crippen molar-refractivity contribution in [3.05, 3.63) is 34.9 Å². The van der Waals surface area contributed by atoms with Crippen molar-refractivity contribution >= 4 is 21.8 Å². The lowest BCUT2D eigenvalue weighted by Gasteiger charge is -2.38. The average Bonchev–Trinajstić information content (AvgIpc) is 3.30. The molecule has 2 unspecified atom stereocenters. The van der Waals surface area contributed by atoms with Crippen LogP contribution in [0.25, 0.3) is 0 Å². The number of aryl methyl sites for hydroxylation is 2. The van der Waals surface area contributed by atoms with Gasteiger partial charge in [-0.1, -0.05) is 11.6 Å². The van der Waals surface area contributed by atoms with Crippen LogP contribution >= 0.6 is 0 Å². The summed E-state index contributed by atoms with van der Waals surface area (Å²) in [4.78, 5) is 29.5. The summed E-state index contributed by atoms with van der Waals surface area (Å²) < 4.78 is 38.3. The number of likely N-dealkylation sites (tertiary alicyclic amines) is 1. The SMILES string of the molecule is COc1cc(C)c(S(=O)(=O)N(C)CCOCC(=O)N(C)C2CCCN(C(=O)C3CC=C(C)C3)C2)c(C)c1. The number of methoxy groups -OCH3 is 1. The summed E-state index contributed by atoms with van der Waals surface area (Å²) in [6.45, 7) is 6.89. The van der Waals surface area contributed by atoms with E-state index in [1.54, 1.807) is 45.0 Å². The Bertz CT molecular complexity index is 1110. The van der Waals surface area contributed by atoms with E-state index in [4.69, 9.17) is 9.47 Å². The van der Waals surface area contributed by atoms with Crippen LogP contribution in [-0.2, 0) is 24.3 Å². The standard InChI is InChI=1S/C27H41N3O6S/c1-19-9-10-22(14-19)27(32)30-11-7-8-23(17-30)29(5)25(31)18-36-13-12-28(4)37(33,34)26-20(2)15-24(35-6)16-21(26)3/h9,15-16,22-23H,7-8,10-14,17-18H2,1-6H3. The first-order valence-electron chi connectivity index (χ1n) is 12.8. The van der Waals surface area contributed by atoms with E-state index in [1.807, 2.05) is 4.90 Å². The molecule has 3 rings (SSSR count).